The van der Waals surface area contributed by atoms with Gasteiger partial charge in [-0.2, -0.15) is 5.10 Å². The first-order valence-corrected chi connectivity index (χ1v) is 4.58. The summed E-state index contributed by atoms with van der Waals surface area (Å²) in [5.74, 6) is 0.111. The van der Waals surface area contributed by atoms with E-state index in [1.54, 1.807) is 12.1 Å². The Morgan fingerprint density at radius 3 is 2.94 bits per heavy atom. The second-order valence-corrected chi connectivity index (χ2v) is 3.19. The lowest BCUT2D eigenvalue weighted by molar-refractivity contribution is -0.384. The first kappa shape index (κ1) is 10.7. The molecule has 0 radical (unpaired) electrons. The summed E-state index contributed by atoms with van der Waals surface area (Å²) in [7, 11) is 0. The fourth-order valence-corrected chi connectivity index (χ4v) is 1.31. The van der Waals surface area contributed by atoms with E-state index < -0.39 is 4.92 Å². The van der Waals surface area contributed by atoms with Crippen molar-refractivity contribution in [2.75, 3.05) is 0 Å². The number of nitrogens with one attached hydrogen (secondary N) is 1. The van der Waals surface area contributed by atoms with E-state index in [9.17, 15) is 10.1 Å². The summed E-state index contributed by atoms with van der Waals surface area (Å²) < 4.78 is 1.22. The van der Waals surface area contributed by atoms with Crippen molar-refractivity contribution in [3.8, 4) is 5.82 Å². The van der Waals surface area contributed by atoms with E-state index >= 15 is 0 Å². The average molecular weight is 232 g/mol. The maximum absolute atomic E-state index is 10.5. The molecule has 0 amide bonds. The van der Waals surface area contributed by atoms with Crippen molar-refractivity contribution in [3.05, 3.63) is 46.4 Å². The number of nitrogen functional groups attached to an aromatic ring is 1. The molecule has 0 saturated carbocycles. The zero-order valence-corrected chi connectivity index (χ0v) is 8.57. The Hall–Kier alpha value is -2.77. The Labute approximate surface area is 95.4 Å². The fraction of sp³-hybridized carbons (Fsp3) is 0. The number of aromatic nitrogens is 3. The molecule has 17 heavy (non-hydrogen) atoms. The number of rotatable bonds is 3. The predicted molar refractivity (Wildman–Crippen MR) is 59.0 cm³/mol. The highest BCUT2D eigenvalue weighted by molar-refractivity contribution is 5.97. The third kappa shape index (κ3) is 1.95. The predicted octanol–water partition coefficient (Wildman–Crippen LogP) is 0.460. The number of nitro groups is 1. The van der Waals surface area contributed by atoms with E-state index in [0.717, 1.165) is 6.20 Å². The Bertz CT molecular complexity index is 591. The number of hydrogen-bond acceptors (Lipinski definition) is 5. The zero-order valence-electron chi connectivity index (χ0n) is 8.57. The van der Waals surface area contributed by atoms with Gasteiger partial charge in [0, 0.05) is 6.20 Å². The van der Waals surface area contributed by atoms with Crippen LogP contribution in [0.5, 0.6) is 0 Å². The van der Waals surface area contributed by atoms with E-state index in [2.05, 4.69) is 10.1 Å². The van der Waals surface area contributed by atoms with E-state index in [-0.39, 0.29) is 17.3 Å². The average Bonchev–Trinajstić information content (AvgIpc) is 2.78. The van der Waals surface area contributed by atoms with Crippen molar-refractivity contribution in [2.24, 2.45) is 5.73 Å². The molecule has 8 nitrogen and oxygen atoms in total. The molecule has 3 N–H and O–H groups in total. The van der Waals surface area contributed by atoms with Crippen LogP contribution in [0.2, 0.25) is 0 Å². The maximum Gasteiger partial charge on any atom is 0.307 e. The molecule has 2 heterocycles. The molecule has 0 aliphatic heterocycles. The highest BCUT2D eigenvalue weighted by atomic mass is 16.6. The van der Waals surface area contributed by atoms with Crippen LogP contribution in [0.4, 0.5) is 5.69 Å². The lowest BCUT2D eigenvalue weighted by Crippen LogP contribution is -2.15. The normalized spacial score (nSPS) is 10.1. The molecule has 0 aromatic carbocycles. The molecule has 2 rings (SSSR count). The number of hydrogen-bond donors (Lipinski definition) is 2. The minimum atomic E-state index is -0.556. The number of nitrogens with zero attached hydrogens (tertiary/aromatic N) is 4. The topological polar surface area (TPSA) is 124 Å². The molecule has 0 saturated heterocycles. The molecular weight excluding hydrogens is 224 g/mol. The van der Waals surface area contributed by atoms with Crippen molar-refractivity contribution in [1.82, 2.24) is 14.8 Å². The third-order valence-electron chi connectivity index (χ3n) is 2.07. The lowest BCUT2D eigenvalue weighted by Gasteiger charge is -2.05. The van der Waals surface area contributed by atoms with Gasteiger partial charge in [0.2, 0.25) is 0 Å². The molecule has 0 aliphatic carbocycles. The SMILES string of the molecule is N=C(N)c1cccnc1-n1cc([N+](=O)[O-])cn1. The van der Waals surface area contributed by atoms with Crippen LogP contribution < -0.4 is 5.73 Å². The van der Waals surface area contributed by atoms with Crippen LogP contribution in [0.25, 0.3) is 5.82 Å². The largest absolute Gasteiger partial charge is 0.384 e. The van der Waals surface area contributed by atoms with Crippen LogP contribution in [-0.4, -0.2) is 25.5 Å². The molecule has 0 bridgehead atoms. The van der Waals surface area contributed by atoms with E-state index in [1.165, 1.54) is 17.1 Å². The number of nitrogens with two attached hydrogens (primary N) is 1. The first-order chi connectivity index (χ1) is 8.09. The highest BCUT2D eigenvalue weighted by Gasteiger charge is 2.14. The minimum Gasteiger partial charge on any atom is -0.384 e. The lowest BCUT2D eigenvalue weighted by atomic mass is 10.2. The van der Waals surface area contributed by atoms with Gasteiger partial charge in [0.25, 0.3) is 0 Å². The van der Waals surface area contributed by atoms with Gasteiger partial charge in [0.15, 0.2) is 5.82 Å². The maximum atomic E-state index is 10.5. The second-order valence-electron chi connectivity index (χ2n) is 3.19. The summed E-state index contributed by atoms with van der Waals surface area (Å²) in [6.07, 6.45) is 3.82. The first-order valence-electron chi connectivity index (χ1n) is 4.58. The van der Waals surface area contributed by atoms with Crippen molar-refractivity contribution in [1.29, 1.82) is 5.41 Å². The van der Waals surface area contributed by atoms with Gasteiger partial charge in [-0.3, -0.25) is 15.5 Å². The van der Waals surface area contributed by atoms with Gasteiger partial charge in [-0.25, -0.2) is 9.67 Å². The third-order valence-corrected chi connectivity index (χ3v) is 2.07. The molecule has 2 aromatic rings. The molecule has 0 fully saturated rings. The van der Waals surface area contributed by atoms with Gasteiger partial charge in [-0.15, -0.1) is 0 Å². The van der Waals surface area contributed by atoms with Crippen molar-refractivity contribution < 1.29 is 4.92 Å². The van der Waals surface area contributed by atoms with Crippen LogP contribution in [0.3, 0.4) is 0 Å². The van der Waals surface area contributed by atoms with Crippen LogP contribution >= 0.6 is 0 Å². The Balaban J connectivity index is 2.52. The molecular formula is C9H8N6O2. The Morgan fingerprint density at radius 1 is 1.59 bits per heavy atom. The van der Waals surface area contributed by atoms with Crippen molar-refractivity contribution in [2.45, 2.75) is 0 Å². The summed E-state index contributed by atoms with van der Waals surface area (Å²) >= 11 is 0. The standard InChI is InChI=1S/C9H8N6O2/c10-8(11)7-2-1-3-12-9(7)14-5-6(4-13-14)15(16)17/h1-5H,(H3,10,11). The summed E-state index contributed by atoms with van der Waals surface area (Å²) in [6, 6.07) is 3.22. The highest BCUT2D eigenvalue weighted by Crippen LogP contribution is 2.14. The van der Waals surface area contributed by atoms with Gasteiger partial charge in [0.05, 0.1) is 10.5 Å². The Kier molecular flexibility index (Phi) is 2.53. The second kappa shape index (κ2) is 4.00. The van der Waals surface area contributed by atoms with Gasteiger partial charge >= 0.3 is 5.69 Å². The van der Waals surface area contributed by atoms with Gasteiger partial charge in [0.1, 0.15) is 18.2 Å². The summed E-state index contributed by atoms with van der Waals surface area (Å²) in [4.78, 5) is 14.0. The van der Waals surface area contributed by atoms with Gasteiger partial charge in [-0.05, 0) is 12.1 Å². The summed E-state index contributed by atoms with van der Waals surface area (Å²) in [5, 5.41) is 21.7. The van der Waals surface area contributed by atoms with E-state index in [0.29, 0.717) is 5.56 Å². The smallest absolute Gasteiger partial charge is 0.307 e. The van der Waals surface area contributed by atoms with Crippen LogP contribution in [0.15, 0.2) is 30.7 Å². The summed E-state index contributed by atoms with van der Waals surface area (Å²) in [5.41, 5.74) is 5.61. The van der Waals surface area contributed by atoms with Crippen molar-refractivity contribution >= 4 is 11.5 Å². The molecule has 0 spiro atoms. The minimum absolute atomic E-state index is 0.148. The molecule has 8 heteroatoms. The Morgan fingerprint density at radius 2 is 2.35 bits per heavy atom. The van der Waals surface area contributed by atoms with Crippen molar-refractivity contribution in [3.63, 3.8) is 0 Å². The fourth-order valence-electron chi connectivity index (χ4n) is 1.31. The van der Waals surface area contributed by atoms with Crippen LogP contribution in [0.1, 0.15) is 5.56 Å². The van der Waals surface area contributed by atoms with Gasteiger partial charge < -0.3 is 5.73 Å². The summed E-state index contributed by atoms with van der Waals surface area (Å²) in [6.45, 7) is 0. The molecule has 2 aromatic heterocycles. The van der Waals surface area contributed by atoms with Crippen LogP contribution in [-0.2, 0) is 0 Å². The molecule has 0 aliphatic rings. The van der Waals surface area contributed by atoms with Crippen LogP contribution in [0, 0.1) is 15.5 Å². The quantitative estimate of drug-likeness (QED) is 0.344. The van der Waals surface area contributed by atoms with E-state index in [1.807, 2.05) is 0 Å². The molecule has 86 valence electrons. The zero-order chi connectivity index (χ0) is 12.4. The molecule has 0 atom stereocenters. The van der Waals surface area contributed by atoms with Gasteiger partial charge in [-0.1, -0.05) is 0 Å². The number of amidine groups is 1. The van der Waals surface area contributed by atoms with E-state index in [4.69, 9.17) is 11.1 Å². The monoisotopic (exact) mass is 232 g/mol. The number of pyridine rings is 1. The molecule has 0 unspecified atom stereocenters.